The second kappa shape index (κ2) is 7.53. The summed E-state index contributed by atoms with van der Waals surface area (Å²) in [6, 6.07) is 8.94. The van der Waals surface area contributed by atoms with Crippen molar-refractivity contribution in [2.75, 3.05) is 6.61 Å². The zero-order valence-electron chi connectivity index (χ0n) is 11.0. The van der Waals surface area contributed by atoms with Crippen molar-refractivity contribution in [3.8, 4) is 5.75 Å². The summed E-state index contributed by atoms with van der Waals surface area (Å²) in [5.41, 5.74) is 6.28. The van der Waals surface area contributed by atoms with Crippen molar-refractivity contribution >= 4 is 50.4 Å². The highest BCUT2D eigenvalue weighted by atomic mass is 79.9. The highest BCUT2D eigenvalue weighted by Gasteiger charge is 2.06. The molecule has 0 aliphatic heterocycles. The van der Waals surface area contributed by atoms with Crippen LogP contribution in [-0.2, 0) is 11.3 Å². The molecule has 110 valence electrons. The maximum Gasteiger partial charge on any atom is 0.258 e. The topological polar surface area (TPSA) is 64.3 Å². The van der Waals surface area contributed by atoms with Crippen LogP contribution in [0.5, 0.6) is 5.75 Å². The molecule has 2 rings (SSSR count). The average molecular weight is 385 g/mol. The summed E-state index contributed by atoms with van der Waals surface area (Å²) >= 11 is 9.87. The molecule has 0 saturated heterocycles. The van der Waals surface area contributed by atoms with E-state index >= 15 is 0 Å². The summed E-state index contributed by atoms with van der Waals surface area (Å²) in [5.74, 6) is 0.427. The fraction of sp³-hybridized carbons (Fsp3) is 0.143. The van der Waals surface area contributed by atoms with E-state index in [2.05, 4.69) is 21.2 Å². The molecule has 0 spiro atoms. The summed E-state index contributed by atoms with van der Waals surface area (Å²) < 4.78 is 6.40. The van der Waals surface area contributed by atoms with Gasteiger partial charge in [0.2, 0.25) is 0 Å². The highest BCUT2D eigenvalue weighted by Crippen LogP contribution is 2.22. The van der Waals surface area contributed by atoms with Crippen molar-refractivity contribution in [2.24, 2.45) is 5.73 Å². The van der Waals surface area contributed by atoms with E-state index in [1.807, 2.05) is 11.4 Å². The van der Waals surface area contributed by atoms with Crippen molar-refractivity contribution in [1.29, 1.82) is 0 Å². The molecular formula is C14H13BrN2O2S2. The van der Waals surface area contributed by atoms with E-state index in [1.165, 1.54) is 0 Å². The van der Waals surface area contributed by atoms with Crippen molar-refractivity contribution in [2.45, 2.75) is 6.54 Å². The maximum atomic E-state index is 11.7. The van der Waals surface area contributed by atoms with Gasteiger partial charge in [0.1, 0.15) is 10.7 Å². The number of thiophene rings is 1. The Morgan fingerprint density at radius 1 is 1.33 bits per heavy atom. The molecule has 0 atom stereocenters. The molecule has 1 heterocycles. The molecule has 2 aromatic rings. The normalized spacial score (nSPS) is 10.1. The van der Waals surface area contributed by atoms with Crippen LogP contribution in [0.4, 0.5) is 0 Å². The van der Waals surface area contributed by atoms with E-state index in [0.717, 1.165) is 14.9 Å². The summed E-state index contributed by atoms with van der Waals surface area (Å²) in [7, 11) is 0. The lowest BCUT2D eigenvalue weighted by molar-refractivity contribution is -0.123. The zero-order valence-corrected chi connectivity index (χ0v) is 14.2. The molecule has 7 heteroatoms. The minimum absolute atomic E-state index is 0.0323. The molecule has 1 aromatic heterocycles. The van der Waals surface area contributed by atoms with Gasteiger partial charge in [0.15, 0.2) is 6.61 Å². The van der Waals surface area contributed by atoms with Crippen LogP contribution in [0, 0.1) is 0 Å². The van der Waals surface area contributed by atoms with Crippen LogP contribution < -0.4 is 15.8 Å². The summed E-state index contributed by atoms with van der Waals surface area (Å²) in [6.07, 6.45) is 0. The second-order valence-corrected chi connectivity index (χ2v) is 6.44. The number of nitrogens with two attached hydrogens (primary N) is 1. The molecule has 1 amide bonds. The number of rotatable bonds is 6. The number of benzene rings is 1. The molecule has 0 unspecified atom stereocenters. The molecular weight excluding hydrogens is 372 g/mol. The van der Waals surface area contributed by atoms with Gasteiger partial charge in [-0.25, -0.2) is 0 Å². The van der Waals surface area contributed by atoms with Gasteiger partial charge in [-0.3, -0.25) is 4.79 Å². The van der Waals surface area contributed by atoms with Crippen molar-refractivity contribution in [1.82, 2.24) is 5.32 Å². The van der Waals surface area contributed by atoms with E-state index in [-0.39, 0.29) is 12.5 Å². The van der Waals surface area contributed by atoms with Crippen LogP contribution in [0.2, 0.25) is 0 Å². The maximum absolute atomic E-state index is 11.7. The Bertz CT molecular complexity index is 641. The van der Waals surface area contributed by atoms with Crippen LogP contribution in [0.25, 0.3) is 0 Å². The van der Waals surface area contributed by atoms with Gasteiger partial charge < -0.3 is 15.8 Å². The summed E-state index contributed by atoms with van der Waals surface area (Å²) in [4.78, 5) is 13.1. The number of carbonyl (C=O) groups is 1. The van der Waals surface area contributed by atoms with Crippen LogP contribution in [0.1, 0.15) is 10.4 Å². The largest absolute Gasteiger partial charge is 0.484 e. The Morgan fingerprint density at radius 3 is 2.62 bits per heavy atom. The van der Waals surface area contributed by atoms with E-state index in [1.54, 1.807) is 35.6 Å². The number of hydrogen-bond acceptors (Lipinski definition) is 4. The third kappa shape index (κ3) is 4.80. The molecule has 1 aromatic carbocycles. The van der Waals surface area contributed by atoms with Crippen LogP contribution in [0.15, 0.2) is 40.2 Å². The quantitative estimate of drug-likeness (QED) is 0.751. The fourth-order valence-corrected chi connectivity index (χ4v) is 3.11. The SMILES string of the molecule is NC(=S)c1ccc(OCC(=O)NCc2sccc2Br)cc1. The molecule has 3 N–H and O–H groups in total. The van der Waals surface area contributed by atoms with Gasteiger partial charge in [-0.1, -0.05) is 12.2 Å². The predicted octanol–water partition coefficient (Wildman–Crippen LogP) is 2.84. The summed E-state index contributed by atoms with van der Waals surface area (Å²) in [6.45, 7) is 0.455. The molecule has 0 fully saturated rings. The third-order valence-corrected chi connectivity index (χ3v) is 4.81. The zero-order chi connectivity index (χ0) is 15.2. The Hall–Kier alpha value is -1.44. The van der Waals surface area contributed by atoms with Gasteiger partial charge in [0.05, 0.1) is 6.54 Å². The van der Waals surface area contributed by atoms with Gasteiger partial charge in [-0.05, 0) is 51.6 Å². The first-order valence-corrected chi connectivity index (χ1v) is 8.15. The second-order valence-electron chi connectivity index (χ2n) is 4.15. The summed E-state index contributed by atoms with van der Waals surface area (Å²) in [5, 5.41) is 4.77. The van der Waals surface area contributed by atoms with E-state index in [0.29, 0.717) is 17.3 Å². The Kier molecular flexibility index (Phi) is 5.72. The number of hydrogen-bond donors (Lipinski definition) is 2. The molecule has 4 nitrogen and oxygen atoms in total. The van der Waals surface area contributed by atoms with E-state index in [9.17, 15) is 4.79 Å². The standard InChI is InChI=1S/C14H13BrN2O2S2/c15-11-5-6-21-12(11)7-17-13(18)8-19-10-3-1-9(2-4-10)14(16)20/h1-6H,7-8H2,(H2,16,20)(H,17,18). The van der Waals surface area contributed by atoms with E-state index < -0.39 is 0 Å². The number of nitrogens with one attached hydrogen (secondary N) is 1. The molecule has 21 heavy (non-hydrogen) atoms. The first-order valence-electron chi connectivity index (χ1n) is 6.07. The number of thiocarbonyl (C=S) groups is 1. The van der Waals surface area contributed by atoms with Crippen LogP contribution in [0.3, 0.4) is 0 Å². The first-order chi connectivity index (χ1) is 10.1. The smallest absolute Gasteiger partial charge is 0.258 e. The molecule has 0 aliphatic rings. The van der Waals surface area contributed by atoms with Gasteiger partial charge >= 0.3 is 0 Å². The van der Waals surface area contributed by atoms with Crippen molar-refractivity contribution in [3.63, 3.8) is 0 Å². The van der Waals surface area contributed by atoms with Crippen molar-refractivity contribution in [3.05, 3.63) is 50.6 Å². The number of halogens is 1. The molecule has 0 aliphatic carbocycles. The van der Waals surface area contributed by atoms with Gasteiger partial charge in [-0.2, -0.15) is 0 Å². The minimum atomic E-state index is -0.172. The Morgan fingerprint density at radius 2 is 2.05 bits per heavy atom. The molecule has 0 bridgehead atoms. The minimum Gasteiger partial charge on any atom is -0.484 e. The first kappa shape index (κ1) is 15.9. The van der Waals surface area contributed by atoms with E-state index in [4.69, 9.17) is 22.7 Å². The monoisotopic (exact) mass is 384 g/mol. The predicted molar refractivity (Wildman–Crippen MR) is 91.7 cm³/mol. The molecule has 0 radical (unpaired) electrons. The average Bonchev–Trinajstić information content (AvgIpc) is 2.88. The Balaban J connectivity index is 1.78. The van der Waals surface area contributed by atoms with Crippen LogP contribution >= 0.6 is 39.5 Å². The number of amides is 1. The van der Waals surface area contributed by atoms with Gasteiger partial charge in [0.25, 0.3) is 5.91 Å². The number of carbonyl (C=O) groups excluding carboxylic acids is 1. The Labute approximate surface area is 140 Å². The lowest BCUT2D eigenvalue weighted by Gasteiger charge is -2.07. The lowest BCUT2D eigenvalue weighted by atomic mass is 10.2. The van der Waals surface area contributed by atoms with Crippen molar-refractivity contribution < 1.29 is 9.53 Å². The van der Waals surface area contributed by atoms with Gasteiger partial charge in [-0.15, -0.1) is 11.3 Å². The van der Waals surface area contributed by atoms with Crippen LogP contribution in [-0.4, -0.2) is 17.5 Å². The van der Waals surface area contributed by atoms with Gasteiger partial charge in [0, 0.05) is 14.9 Å². The number of ether oxygens (including phenoxy) is 1. The fourth-order valence-electron chi connectivity index (χ4n) is 1.55. The molecule has 0 saturated carbocycles. The lowest BCUT2D eigenvalue weighted by Crippen LogP contribution is -2.28. The highest BCUT2D eigenvalue weighted by molar-refractivity contribution is 9.10. The third-order valence-electron chi connectivity index (χ3n) is 2.65.